The Balaban J connectivity index is 1.27. The average molecular weight is 420 g/mol. The van der Waals surface area contributed by atoms with Gasteiger partial charge in [-0.3, -0.25) is 0 Å². The Morgan fingerprint density at radius 1 is 1.13 bits per heavy atom. The molecule has 3 aromatic rings. The van der Waals surface area contributed by atoms with Gasteiger partial charge in [0.05, 0.1) is 19.5 Å². The van der Waals surface area contributed by atoms with E-state index in [0.29, 0.717) is 17.5 Å². The fourth-order valence-electron chi connectivity index (χ4n) is 4.22. The molecule has 1 aliphatic carbocycles. The highest BCUT2D eigenvalue weighted by molar-refractivity contribution is 5.84. The monoisotopic (exact) mass is 419 g/mol. The van der Waals surface area contributed by atoms with Gasteiger partial charge < -0.3 is 25.3 Å². The molecule has 1 atom stereocenters. The lowest BCUT2D eigenvalue weighted by Gasteiger charge is -2.28. The Hall–Kier alpha value is -3.13. The molecule has 5 rings (SSSR count). The predicted octanol–water partition coefficient (Wildman–Crippen LogP) is 4.09. The lowest BCUT2D eigenvalue weighted by Crippen LogP contribution is -2.36. The van der Waals surface area contributed by atoms with Gasteiger partial charge >= 0.3 is 0 Å². The van der Waals surface area contributed by atoms with E-state index in [2.05, 4.69) is 66.9 Å². The van der Waals surface area contributed by atoms with Crippen molar-refractivity contribution in [3.05, 3.63) is 42.7 Å². The van der Waals surface area contributed by atoms with Crippen molar-refractivity contribution in [1.29, 1.82) is 0 Å². The summed E-state index contributed by atoms with van der Waals surface area (Å²) in [7, 11) is 0. The third-order valence-corrected chi connectivity index (χ3v) is 5.95. The topological polar surface area (TPSA) is 91.0 Å². The molecule has 1 saturated heterocycles. The first-order valence-electron chi connectivity index (χ1n) is 11.2. The molecule has 8 heteroatoms. The molecule has 2 aromatic heterocycles. The highest BCUT2D eigenvalue weighted by Gasteiger charge is 2.13. The van der Waals surface area contributed by atoms with Crippen LogP contribution in [0.5, 0.6) is 0 Å². The van der Waals surface area contributed by atoms with Crippen LogP contribution in [0.3, 0.4) is 0 Å². The first kappa shape index (κ1) is 19.8. The summed E-state index contributed by atoms with van der Waals surface area (Å²) in [5.41, 5.74) is 3.65. The maximum Gasteiger partial charge on any atom is 0.231 e. The van der Waals surface area contributed by atoms with Crippen LogP contribution in [0.15, 0.2) is 42.7 Å². The standard InChI is InChI=1S/C23H29N7O/c1-2-4-17(5-3-1)10-11-24-21-20-22(26-16-25-20)29-23(28-21)27-18-6-8-19(9-7-18)30-12-14-31-15-13-30/h2,4,6-9,16-17H,1,3,5,10-15H2,(H3,24,25,26,27,28,29). The Labute approximate surface area is 182 Å². The van der Waals surface area contributed by atoms with Gasteiger partial charge in [0.15, 0.2) is 11.5 Å². The highest BCUT2D eigenvalue weighted by Crippen LogP contribution is 2.25. The number of hydrogen-bond acceptors (Lipinski definition) is 7. The van der Waals surface area contributed by atoms with Gasteiger partial charge in [0.1, 0.15) is 5.52 Å². The number of H-pyrrole nitrogens is 1. The molecule has 8 nitrogen and oxygen atoms in total. The van der Waals surface area contributed by atoms with Gasteiger partial charge in [0.25, 0.3) is 0 Å². The number of allylic oxidation sites excluding steroid dienone is 2. The second kappa shape index (κ2) is 9.34. The van der Waals surface area contributed by atoms with Gasteiger partial charge in [0.2, 0.25) is 5.95 Å². The average Bonchev–Trinajstić information content (AvgIpc) is 3.30. The highest BCUT2D eigenvalue weighted by atomic mass is 16.5. The Kier molecular flexibility index (Phi) is 5.97. The van der Waals surface area contributed by atoms with E-state index in [1.54, 1.807) is 6.33 Å². The Morgan fingerprint density at radius 2 is 2.00 bits per heavy atom. The van der Waals surface area contributed by atoms with Gasteiger partial charge in [-0.25, -0.2) is 4.98 Å². The summed E-state index contributed by atoms with van der Waals surface area (Å²) in [6.45, 7) is 4.29. The summed E-state index contributed by atoms with van der Waals surface area (Å²) < 4.78 is 5.44. The summed E-state index contributed by atoms with van der Waals surface area (Å²) >= 11 is 0. The number of fused-ring (bicyclic) bond motifs is 1. The zero-order chi connectivity index (χ0) is 20.9. The summed E-state index contributed by atoms with van der Waals surface area (Å²) in [6, 6.07) is 8.37. The summed E-state index contributed by atoms with van der Waals surface area (Å²) in [5, 5.41) is 6.81. The maximum atomic E-state index is 5.44. The largest absolute Gasteiger partial charge is 0.378 e. The van der Waals surface area contributed by atoms with Gasteiger partial charge in [-0.15, -0.1) is 0 Å². The number of imidazole rings is 1. The SMILES string of the molecule is C1=CC(CCNc2nc(Nc3ccc(N4CCOCC4)cc3)nc3nc[nH]c23)CCC1. The van der Waals surface area contributed by atoms with E-state index in [9.17, 15) is 0 Å². The van der Waals surface area contributed by atoms with Crippen LogP contribution in [0.2, 0.25) is 0 Å². The van der Waals surface area contributed by atoms with E-state index >= 15 is 0 Å². The Morgan fingerprint density at radius 3 is 2.81 bits per heavy atom. The van der Waals surface area contributed by atoms with Crippen molar-refractivity contribution >= 4 is 34.3 Å². The number of rotatable bonds is 7. The third kappa shape index (κ3) is 4.80. The Bertz CT molecular complexity index is 1020. The van der Waals surface area contributed by atoms with Crippen molar-refractivity contribution in [3.63, 3.8) is 0 Å². The molecule has 0 bridgehead atoms. The molecule has 0 radical (unpaired) electrons. The van der Waals surface area contributed by atoms with Gasteiger partial charge in [-0.05, 0) is 55.9 Å². The van der Waals surface area contributed by atoms with E-state index in [-0.39, 0.29) is 0 Å². The van der Waals surface area contributed by atoms with Crippen LogP contribution < -0.4 is 15.5 Å². The molecule has 0 saturated carbocycles. The minimum atomic E-state index is 0.541. The molecule has 0 amide bonds. The third-order valence-electron chi connectivity index (χ3n) is 5.95. The number of aromatic nitrogens is 4. The van der Waals surface area contributed by atoms with Crippen LogP contribution in [0, 0.1) is 5.92 Å². The molecule has 162 valence electrons. The van der Waals surface area contributed by atoms with Crippen molar-refractivity contribution in [2.75, 3.05) is 48.4 Å². The summed E-state index contributed by atoms with van der Waals surface area (Å²) in [5.74, 6) is 1.98. The number of morpholine rings is 1. The molecular weight excluding hydrogens is 390 g/mol. The zero-order valence-corrected chi connectivity index (χ0v) is 17.7. The minimum Gasteiger partial charge on any atom is -0.378 e. The first-order valence-corrected chi connectivity index (χ1v) is 11.2. The predicted molar refractivity (Wildman–Crippen MR) is 124 cm³/mol. The number of hydrogen-bond donors (Lipinski definition) is 3. The van der Waals surface area contributed by atoms with E-state index in [1.807, 2.05) is 0 Å². The lowest BCUT2D eigenvalue weighted by molar-refractivity contribution is 0.122. The molecule has 3 N–H and O–H groups in total. The quantitative estimate of drug-likeness (QED) is 0.497. The van der Waals surface area contributed by atoms with Crippen molar-refractivity contribution in [1.82, 2.24) is 19.9 Å². The molecular formula is C23H29N7O. The molecule has 1 unspecified atom stereocenters. The van der Waals surface area contributed by atoms with Crippen LogP contribution in [-0.4, -0.2) is 52.8 Å². The molecule has 3 heterocycles. The van der Waals surface area contributed by atoms with Crippen LogP contribution in [0.1, 0.15) is 25.7 Å². The smallest absolute Gasteiger partial charge is 0.231 e. The number of anilines is 4. The molecule has 0 spiro atoms. The van der Waals surface area contributed by atoms with E-state index in [4.69, 9.17) is 9.72 Å². The van der Waals surface area contributed by atoms with Crippen molar-refractivity contribution < 1.29 is 4.74 Å². The number of nitrogens with zero attached hydrogens (tertiary/aromatic N) is 4. The lowest BCUT2D eigenvalue weighted by atomic mass is 9.93. The maximum absolute atomic E-state index is 5.44. The van der Waals surface area contributed by atoms with E-state index < -0.39 is 0 Å². The first-order chi connectivity index (χ1) is 15.3. The number of benzene rings is 1. The van der Waals surface area contributed by atoms with Crippen LogP contribution in [0.4, 0.5) is 23.1 Å². The van der Waals surface area contributed by atoms with Gasteiger partial charge in [-0.2, -0.15) is 9.97 Å². The van der Waals surface area contributed by atoms with E-state index in [1.165, 1.54) is 24.9 Å². The van der Waals surface area contributed by atoms with Gasteiger partial charge in [-0.1, -0.05) is 12.2 Å². The van der Waals surface area contributed by atoms with Crippen LogP contribution in [-0.2, 0) is 4.74 Å². The van der Waals surface area contributed by atoms with Crippen molar-refractivity contribution in [3.8, 4) is 0 Å². The number of nitrogens with one attached hydrogen (secondary N) is 3. The second-order valence-electron chi connectivity index (χ2n) is 8.10. The zero-order valence-electron chi connectivity index (χ0n) is 17.7. The number of aromatic amines is 1. The fraction of sp³-hybridized carbons (Fsp3) is 0.435. The normalized spacial score (nSPS) is 19.0. The summed E-state index contributed by atoms with van der Waals surface area (Å²) in [4.78, 5) is 19.1. The van der Waals surface area contributed by atoms with Crippen LogP contribution >= 0.6 is 0 Å². The minimum absolute atomic E-state index is 0.541. The molecule has 1 aromatic carbocycles. The fourth-order valence-corrected chi connectivity index (χ4v) is 4.22. The van der Waals surface area contributed by atoms with E-state index in [0.717, 1.165) is 56.3 Å². The molecule has 2 aliphatic rings. The second-order valence-corrected chi connectivity index (χ2v) is 8.10. The molecule has 1 fully saturated rings. The van der Waals surface area contributed by atoms with Crippen molar-refractivity contribution in [2.24, 2.45) is 5.92 Å². The molecule has 1 aliphatic heterocycles. The molecule has 31 heavy (non-hydrogen) atoms. The van der Waals surface area contributed by atoms with Crippen molar-refractivity contribution in [2.45, 2.75) is 25.7 Å². The van der Waals surface area contributed by atoms with Gasteiger partial charge in [0, 0.05) is 31.0 Å². The summed E-state index contributed by atoms with van der Waals surface area (Å²) in [6.07, 6.45) is 11.2. The van der Waals surface area contributed by atoms with Crippen LogP contribution in [0.25, 0.3) is 11.2 Å². The number of ether oxygens (including phenoxy) is 1.